The van der Waals surface area contributed by atoms with Crippen molar-refractivity contribution >= 4 is 40.7 Å². The van der Waals surface area contributed by atoms with Crippen LogP contribution < -0.4 is 16.0 Å². The number of nitrogens with one attached hydrogen (secondary N) is 3. The van der Waals surface area contributed by atoms with Crippen molar-refractivity contribution in [2.75, 3.05) is 13.6 Å². The number of rotatable bonds is 9. The highest BCUT2D eigenvalue weighted by molar-refractivity contribution is 7.80. The molecule has 1 amide bonds. The van der Waals surface area contributed by atoms with E-state index in [1.807, 2.05) is 55.2 Å². The third kappa shape index (κ3) is 7.99. The van der Waals surface area contributed by atoms with E-state index in [4.69, 9.17) is 12.2 Å². The summed E-state index contributed by atoms with van der Waals surface area (Å²) in [7, 11) is 1.87. The maximum atomic E-state index is 14.6. The molecule has 0 bridgehead atoms. The molecule has 11 heteroatoms. The van der Waals surface area contributed by atoms with E-state index in [0.29, 0.717) is 16.6 Å². The average Bonchev–Trinajstić information content (AvgIpc) is 3.91. The van der Waals surface area contributed by atoms with Crippen molar-refractivity contribution in [3.8, 4) is 17.5 Å². The number of carbonyl (C=O) groups excluding carboxylic acids is 2. The highest BCUT2D eigenvalue weighted by atomic mass is 32.1. The second kappa shape index (κ2) is 13.8. The molecule has 0 atom stereocenters. The van der Waals surface area contributed by atoms with E-state index < -0.39 is 11.4 Å². The summed E-state index contributed by atoms with van der Waals surface area (Å²) in [6, 6.07) is 12.4. The third-order valence-electron chi connectivity index (χ3n) is 7.17. The number of hydrogen-bond donors (Lipinski definition) is 3. The first kappa shape index (κ1) is 30.2. The lowest BCUT2D eigenvalue weighted by Crippen LogP contribution is -2.35. The van der Waals surface area contributed by atoms with Crippen LogP contribution in [-0.2, 0) is 21.7 Å². The van der Waals surface area contributed by atoms with E-state index in [-0.39, 0.29) is 18.6 Å². The Hall–Kier alpha value is -4.24. The molecule has 2 saturated carbocycles. The Labute approximate surface area is 259 Å². The molecule has 8 nitrogen and oxygen atoms in total. The number of halogens is 1. The lowest BCUT2D eigenvalue weighted by molar-refractivity contribution is -0.131. The van der Waals surface area contributed by atoms with Crippen LogP contribution >= 0.6 is 23.6 Å². The van der Waals surface area contributed by atoms with Crippen molar-refractivity contribution in [1.29, 1.82) is 0 Å². The largest absolute Gasteiger partial charge is 0.366 e. The molecule has 0 unspecified atom stereocenters. The average molecular weight is 615 g/mol. The van der Waals surface area contributed by atoms with Crippen molar-refractivity contribution in [2.45, 2.75) is 43.7 Å². The number of amides is 1. The van der Waals surface area contributed by atoms with Crippen LogP contribution in [0, 0.1) is 17.7 Å². The van der Waals surface area contributed by atoms with Crippen molar-refractivity contribution in [3.63, 3.8) is 0 Å². The molecule has 2 aliphatic rings. The summed E-state index contributed by atoms with van der Waals surface area (Å²) in [5, 5.41) is 16.2. The van der Waals surface area contributed by atoms with Crippen molar-refractivity contribution in [2.24, 2.45) is 0 Å². The van der Waals surface area contributed by atoms with Crippen LogP contribution in [0.1, 0.15) is 58.9 Å². The first-order valence-corrected chi connectivity index (χ1v) is 15.2. The maximum Gasteiger partial charge on any atom is 0.284 e. The van der Waals surface area contributed by atoms with Gasteiger partial charge in [-0.2, -0.15) is 5.10 Å². The molecule has 6 rings (SSSR count). The second-order valence-corrected chi connectivity index (χ2v) is 11.7. The zero-order valence-corrected chi connectivity index (χ0v) is 25.2. The van der Waals surface area contributed by atoms with E-state index in [1.54, 1.807) is 28.3 Å². The molecule has 3 N–H and O–H groups in total. The topological polar surface area (TPSA) is 101 Å². The van der Waals surface area contributed by atoms with Crippen molar-refractivity contribution in [3.05, 3.63) is 99.5 Å². The normalized spacial score (nSPS) is 14.4. The summed E-state index contributed by atoms with van der Waals surface area (Å²) in [6.45, 7) is 0.912. The van der Waals surface area contributed by atoms with Gasteiger partial charge in [0.2, 0.25) is 6.29 Å². The van der Waals surface area contributed by atoms with Crippen LogP contribution in [0.4, 0.5) is 4.39 Å². The number of carbonyl (C=O) groups is 2. The lowest BCUT2D eigenvalue weighted by atomic mass is 10.0. The Morgan fingerprint density at radius 1 is 1.26 bits per heavy atom. The molecule has 0 radical (unpaired) electrons. The smallest absolute Gasteiger partial charge is 0.284 e. The number of thiazole rings is 1. The van der Waals surface area contributed by atoms with E-state index in [1.165, 1.54) is 24.5 Å². The standard InChI is InChI=1S/C25H23FN4O2S.C7H8N2S/c26-20-9-19(10-21(11-20)30-14-18(13-28-30)16-5-6-16)25(7-8-25)29-24(33)22-4-2-1-3-17(22)12-27-23(32)15-31;1-8-4-2-3-7-9-5-6-10-7/h1-4,9-11,13-16H,5-8,12H2,(H,27,32)(H,29,33);5-6,8H,4H2,1H3. The van der Waals surface area contributed by atoms with Gasteiger partial charge in [-0.15, -0.1) is 11.3 Å². The van der Waals surface area contributed by atoms with Gasteiger partial charge in [-0.25, -0.2) is 14.1 Å². The first-order chi connectivity index (χ1) is 20.9. The Kier molecular flexibility index (Phi) is 9.72. The molecular formula is C32H31FN6O2S2. The highest BCUT2D eigenvalue weighted by Gasteiger charge is 2.45. The summed E-state index contributed by atoms with van der Waals surface area (Å²) < 4.78 is 16.3. The molecular weight excluding hydrogens is 584 g/mol. The summed E-state index contributed by atoms with van der Waals surface area (Å²) in [6.07, 6.45) is 9.87. The zero-order chi connectivity index (χ0) is 30.2. The fourth-order valence-electron chi connectivity index (χ4n) is 4.60. The van der Waals surface area contributed by atoms with E-state index in [9.17, 15) is 14.0 Å². The minimum absolute atomic E-state index is 0.190. The summed E-state index contributed by atoms with van der Waals surface area (Å²) in [5.41, 5.74) is 3.83. The Bertz CT molecular complexity index is 1670. The lowest BCUT2D eigenvalue weighted by Gasteiger charge is -2.22. The van der Waals surface area contributed by atoms with Gasteiger partial charge >= 0.3 is 0 Å². The molecule has 2 aliphatic carbocycles. The van der Waals surface area contributed by atoms with Crippen LogP contribution in [-0.4, -0.2) is 45.5 Å². The van der Waals surface area contributed by atoms with Crippen LogP contribution in [0.15, 0.2) is 66.4 Å². The van der Waals surface area contributed by atoms with Gasteiger partial charge in [0, 0.05) is 29.9 Å². The highest BCUT2D eigenvalue weighted by Crippen LogP contribution is 2.46. The molecule has 4 aromatic rings. The Morgan fingerprint density at radius 3 is 2.77 bits per heavy atom. The monoisotopic (exact) mass is 614 g/mol. The SMILES string of the molecule is CNCC#Cc1nccs1.O=CC(=O)NCc1ccccc1C(=S)NC1(c2cc(F)cc(-n3cc(C4CC4)cn3)c2)CC1. The van der Waals surface area contributed by atoms with Gasteiger partial charge < -0.3 is 16.0 Å². The molecule has 220 valence electrons. The number of hydrogen-bond acceptors (Lipinski definition) is 7. The predicted octanol–water partition coefficient (Wildman–Crippen LogP) is 4.37. The number of aromatic nitrogens is 3. The predicted molar refractivity (Wildman–Crippen MR) is 169 cm³/mol. The number of thiocarbonyl (C=S) groups is 1. The number of aldehydes is 1. The fourth-order valence-corrected chi connectivity index (χ4v) is 5.49. The van der Waals surface area contributed by atoms with E-state index >= 15 is 0 Å². The summed E-state index contributed by atoms with van der Waals surface area (Å²) >= 11 is 7.26. The molecule has 2 heterocycles. The quantitative estimate of drug-likeness (QED) is 0.111. The molecule has 2 aromatic heterocycles. The molecule has 0 spiro atoms. The van der Waals surface area contributed by atoms with Crippen molar-refractivity contribution < 1.29 is 14.0 Å². The minimum atomic E-state index is -0.682. The molecule has 2 aromatic carbocycles. The molecule has 0 aliphatic heterocycles. The van der Waals surface area contributed by atoms with E-state index in [0.717, 1.165) is 41.1 Å². The molecule has 43 heavy (non-hydrogen) atoms. The molecule has 2 fully saturated rings. The van der Waals surface area contributed by atoms with Gasteiger partial charge in [-0.3, -0.25) is 9.59 Å². The van der Waals surface area contributed by atoms with Crippen LogP contribution in [0.25, 0.3) is 5.69 Å². The van der Waals surface area contributed by atoms with Crippen LogP contribution in [0.3, 0.4) is 0 Å². The Balaban J connectivity index is 0.000000314. The van der Waals surface area contributed by atoms with E-state index in [2.05, 4.69) is 37.9 Å². The van der Waals surface area contributed by atoms with Crippen LogP contribution in [0.2, 0.25) is 0 Å². The van der Waals surface area contributed by atoms with Gasteiger partial charge in [0.25, 0.3) is 5.91 Å². The fraction of sp³-hybridized carbons (Fsp3) is 0.281. The summed E-state index contributed by atoms with van der Waals surface area (Å²) in [4.78, 5) is 26.5. The molecule has 0 saturated heterocycles. The summed E-state index contributed by atoms with van der Waals surface area (Å²) in [5.74, 6) is 5.43. The Morgan fingerprint density at radius 2 is 2.07 bits per heavy atom. The van der Waals surface area contributed by atoms with Crippen LogP contribution in [0.5, 0.6) is 0 Å². The van der Waals surface area contributed by atoms with Gasteiger partial charge in [0.1, 0.15) is 10.8 Å². The number of benzene rings is 2. The van der Waals surface area contributed by atoms with Gasteiger partial charge in [0.05, 0.1) is 24.0 Å². The van der Waals surface area contributed by atoms with Crippen molar-refractivity contribution in [1.82, 2.24) is 30.7 Å². The minimum Gasteiger partial charge on any atom is -0.366 e. The maximum absolute atomic E-state index is 14.6. The van der Waals surface area contributed by atoms with Gasteiger partial charge in [-0.05, 0) is 79.5 Å². The zero-order valence-electron chi connectivity index (χ0n) is 23.6. The van der Waals surface area contributed by atoms with Gasteiger partial charge in [-0.1, -0.05) is 42.4 Å². The number of nitrogens with zero attached hydrogens (tertiary/aromatic N) is 3. The third-order valence-corrected chi connectivity index (χ3v) is 8.18. The first-order valence-electron chi connectivity index (χ1n) is 13.9. The van der Waals surface area contributed by atoms with Gasteiger partial charge in [0.15, 0.2) is 5.01 Å². The second-order valence-electron chi connectivity index (χ2n) is 10.4.